The fourth-order valence-electron chi connectivity index (χ4n) is 5.12. The normalized spacial score (nSPS) is 17.9. The minimum atomic E-state index is -0.403. The molecule has 38 heavy (non-hydrogen) atoms. The maximum Gasteiger partial charge on any atom is 0.239 e. The third-order valence-corrected chi connectivity index (χ3v) is 6.91. The molecule has 204 valence electrons. The summed E-state index contributed by atoms with van der Waals surface area (Å²) >= 11 is 0. The summed E-state index contributed by atoms with van der Waals surface area (Å²) in [6, 6.07) is 6.49. The summed E-state index contributed by atoms with van der Waals surface area (Å²) in [4.78, 5) is 37.8. The lowest BCUT2D eigenvalue weighted by molar-refractivity contribution is -0.120. The topological polar surface area (TPSA) is 124 Å². The molecule has 1 aliphatic carbocycles. The Kier molecular flexibility index (Phi) is 8.73. The standard InChI is InChI=1S/C28H35N3O7/c1-16(32)31-21-9-7-17-12-24(35-2)27(36-3)28(37-4)26(17)19-8-10-22(23(33)13-20(19)21)29-15-25(34)30-14-18-6-5-11-38-18/h8,10,12-13,18,21H,5-7,9,11,14-15H2,1-4H3,(H,29,33)(H,30,34)(H,31,32)/t18?,21-/m1/s1. The molecule has 2 aromatic rings. The highest BCUT2D eigenvalue weighted by Crippen LogP contribution is 2.50. The zero-order valence-electron chi connectivity index (χ0n) is 22.3. The van der Waals surface area contributed by atoms with Crippen LogP contribution in [0.4, 0.5) is 5.69 Å². The van der Waals surface area contributed by atoms with E-state index in [1.165, 1.54) is 20.1 Å². The predicted octanol–water partition coefficient (Wildman–Crippen LogP) is 2.57. The Labute approximate surface area is 222 Å². The summed E-state index contributed by atoms with van der Waals surface area (Å²) in [5.41, 5.74) is 3.07. The van der Waals surface area contributed by atoms with Crippen LogP contribution in [0.15, 0.2) is 29.1 Å². The molecule has 0 saturated carbocycles. The highest BCUT2D eigenvalue weighted by atomic mass is 16.5. The summed E-state index contributed by atoms with van der Waals surface area (Å²) in [5.74, 6) is 1.02. The lowest BCUT2D eigenvalue weighted by Gasteiger charge is -2.19. The summed E-state index contributed by atoms with van der Waals surface area (Å²) in [5, 5.41) is 8.80. The van der Waals surface area contributed by atoms with Crippen LogP contribution in [0, 0.1) is 0 Å². The number of hydrogen-bond acceptors (Lipinski definition) is 8. The molecule has 3 N–H and O–H groups in total. The number of rotatable bonds is 9. The monoisotopic (exact) mass is 525 g/mol. The van der Waals surface area contributed by atoms with Crippen molar-refractivity contribution in [3.63, 3.8) is 0 Å². The number of fused-ring (bicyclic) bond motifs is 3. The van der Waals surface area contributed by atoms with E-state index in [1.54, 1.807) is 20.3 Å². The second kappa shape index (κ2) is 12.2. The Balaban J connectivity index is 1.73. The Morgan fingerprint density at radius 3 is 2.50 bits per heavy atom. The van der Waals surface area contributed by atoms with Crippen molar-refractivity contribution >= 4 is 17.5 Å². The van der Waals surface area contributed by atoms with Crippen LogP contribution in [-0.2, 0) is 20.7 Å². The Morgan fingerprint density at radius 2 is 1.84 bits per heavy atom. The van der Waals surface area contributed by atoms with Crippen molar-refractivity contribution in [2.75, 3.05) is 46.3 Å². The second-order valence-electron chi connectivity index (χ2n) is 9.39. The van der Waals surface area contributed by atoms with Gasteiger partial charge in [-0.1, -0.05) is 6.07 Å². The highest BCUT2D eigenvalue weighted by molar-refractivity contribution is 5.84. The first-order chi connectivity index (χ1) is 18.4. The third kappa shape index (κ3) is 5.85. The van der Waals surface area contributed by atoms with Crippen LogP contribution < -0.4 is 35.6 Å². The van der Waals surface area contributed by atoms with Gasteiger partial charge < -0.3 is 34.9 Å². The van der Waals surface area contributed by atoms with E-state index < -0.39 is 6.04 Å². The van der Waals surface area contributed by atoms with Crippen molar-refractivity contribution in [2.24, 2.45) is 0 Å². The van der Waals surface area contributed by atoms with Gasteiger partial charge in [0.25, 0.3) is 0 Å². The molecule has 2 aliphatic rings. The number of methoxy groups -OCH3 is 3. The molecule has 10 nitrogen and oxygen atoms in total. The van der Waals surface area contributed by atoms with Crippen LogP contribution in [0.1, 0.15) is 43.4 Å². The number of carbonyl (C=O) groups excluding carboxylic acids is 2. The first kappa shape index (κ1) is 27.3. The molecule has 1 heterocycles. The van der Waals surface area contributed by atoms with Crippen molar-refractivity contribution in [1.29, 1.82) is 0 Å². The van der Waals surface area contributed by atoms with Crippen molar-refractivity contribution in [3.8, 4) is 28.4 Å². The minimum Gasteiger partial charge on any atom is -0.493 e. The molecular formula is C28H35N3O7. The van der Waals surface area contributed by atoms with Gasteiger partial charge in [-0.3, -0.25) is 14.4 Å². The van der Waals surface area contributed by atoms with E-state index in [-0.39, 0.29) is 35.6 Å². The van der Waals surface area contributed by atoms with Gasteiger partial charge in [0.15, 0.2) is 11.5 Å². The molecule has 0 spiro atoms. The van der Waals surface area contributed by atoms with Crippen LogP contribution >= 0.6 is 0 Å². The van der Waals surface area contributed by atoms with Gasteiger partial charge in [-0.2, -0.15) is 0 Å². The molecule has 4 rings (SSSR count). The van der Waals surface area contributed by atoms with E-state index in [2.05, 4.69) is 16.0 Å². The Bertz CT molecular complexity index is 1260. The molecule has 1 aliphatic heterocycles. The van der Waals surface area contributed by atoms with E-state index in [4.69, 9.17) is 18.9 Å². The van der Waals surface area contributed by atoms with Gasteiger partial charge in [-0.25, -0.2) is 0 Å². The summed E-state index contributed by atoms with van der Waals surface area (Å²) in [7, 11) is 4.65. The van der Waals surface area contributed by atoms with Crippen molar-refractivity contribution < 1.29 is 28.5 Å². The van der Waals surface area contributed by atoms with Gasteiger partial charge in [0.2, 0.25) is 23.0 Å². The summed E-state index contributed by atoms with van der Waals surface area (Å²) < 4.78 is 22.5. The number of benzene rings is 1. The van der Waals surface area contributed by atoms with E-state index in [1.807, 2.05) is 12.1 Å². The number of ether oxygens (including phenoxy) is 4. The van der Waals surface area contributed by atoms with Crippen molar-refractivity contribution in [3.05, 3.63) is 45.6 Å². The summed E-state index contributed by atoms with van der Waals surface area (Å²) in [6.07, 6.45) is 3.14. The average Bonchev–Trinajstić information content (AvgIpc) is 3.32. The molecular weight excluding hydrogens is 490 g/mol. The third-order valence-electron chi connectivity index (χ3n) is 6.91. The lowest BCUT2D eigenvalue weighted by Crippen LogP contribution is -2.36. The van der Waals surface area contributed by atoms with E-state index in [9.17, 15) is 14.4 Å². The van der Waals surface area contributed by atoms with Crippen molar-refractivity contribution in [1.82, 2.24) is 10.6 Å². The van der Waals surface area contributed by atoms with Gasteiger partial charge in [-0.05, 0) is 60.6 Å². The van der Waals surface area contributed by atoms with Crippen molar-refractivity contribution in [2.45, 2.75) is 44.8 Å². The first-order valence-corrected chi connectivity index (χ1v) is 12.8. The lowest BCUT2D eigenvalue weighted by atomic mass is 9.95. The van der Waals surface area contributed by atoms with Gasteiger partial charge in [0.1, 0.15) is 0 Å². The smallest absolute Gasteiger partial charge is 0.239 e. The van der Waals surface area contributed by atoms with Crippen LogP contribution in [0.2, 0.25) is 0 Å². The van der Waals surface area contributed by atoms with Gasteiger partial charge in [0.05, 0.1) is 45.7 Å². The molecule has 2 atom stereocenters. The highest BCUT2D eigenvalue weighted by Gasteiger charge is 2.29. The zero-order chi connectivity index (χ0) is 27.2. The molecule has 0 radical (unpaired) electrons. The Morgan fingerprint density at radius 1 is 1.05 bits per heavy atom. The number of amides is 2. The van der Waals surface area contributed by atoms with E-state index in [0.29, 0.717) is 42.2 Å². The number of nitrogens with one attached hydrogen (secondary N) is 3. The average molecular weight is 526 g/mol. The molecule has 2 aromatic carbocycles. The van der Waals surface area contributed by atoms with E-state index >= 15 is 0 Å². The number of hydrogen-bond donors (Lipinski definition) is 3. The summed E-state index contributed by atoms with van der Waals surface area (Å²) in [6.45, 7) is 2.56. The fraction of sp³-hybridized carbons (Fsp3) is 0.464. The number of aryl methyl sites for hydroxylation is 1. The molecule has 2 amide bonds. The molecule has 1 unspecified atom stereocenters. The molecule has 1 fully saturated rings. The quantitative estimate of drug-likeness (QED) is 0.456. The Hall–Kier alpha value is -3.79. The second-order valence-corrected chi connectivity index (χ2v) is 9.39. The van der Waals surface area contributed by atoms with Gasteiger partial charge >= 0.3 is 0 Å². The van der Waals surface area contributed by atoms with Crippen LogP contribution in [0.25, 0.3) is 11.1 Å². The zero-order valence-corrected chi connectivity index (χ0v) is 22.3. The molecule has 0 aromatic heterocycles. The number of carbonyl (C=O) groups is 2. The van der Waals surface area contributed by atoms with Gasteiger partial charge in [-0.15, -0.1) is 0 Å². The molecule has 1 saturated heterocycles. The van der Waals surface area contributed by atoms with Crippen LogP contribution in [0.5, 0.6) is 17.2 Å². The fourth-order valence-corrected chi connectivity index (χ4v) is 5.12. The van der Waals surface area contributed by atoms with Crippen LogP contribution in [-0.4, -0.2) is 58.9 Å². The maximum atomic E-state index is 13.3. The van der Waals surface area contributed by atoms with Gasteiger partial charge in [0, 0.05) is 25.6 Å². The molecule has 0 bridgehead atoms. The van der Waals surface area contributed by atoms with E-state index in [0.717, 1.165) is 36.1 Å². The maximum absolute atomic E-state index is 13.3. The van der Waals surface area contributed by atoms with Crippen LogP contribution in [0.3, 0.4) is 0 Å². The minimum absolute atomic E-state index is 0.0376. The largest absolute Gasteiger partial charge is 0.493 e. The SMILES string of the molecule is COc1cc2c(c(OC)c1OC)-c1ccc(NCC(=O)NCC3CCCO3)c(=O)cc1[C@H](NC(C)=O)CC2. The predicted molar refractivity (Wildman–Crippen MR) is 143 cm³/mol. The molecule has 10 heteroatoms. The number of anilines is 1. The first-order valence-electron chi connectivity index (χ1n) is 12.8.